The van der Waals surface area contributed by atoms with Crippen LogP contribution in [0.15, 0.2) is 51.2 Å². The number of aliphatic hydroxyl groups excluding tert-OH is 1. The molecule has 40 heavy (non-hydrogen) atoms. The molecule has 1 fully saturated rings. The van der Waals surface area contributed by atoms with E-state index in [1.54, 1.807) is 0 Å². The summed E-state index contributed by atoms with van der Waals surface area (Å²) in [4.78, 5) is 52.9. The fraction of sp³-hybridized carbons (Fsp3) is 0.455. The lowest BCUT2D eigenvalue weighted by Crippen LogP contribution is -2.45. The largest absolute Gasteiger partial charge is 0.468 e. The normalized spacial score (nSPS) is 24.3. The quantitative estimate of drug-likeness (QED) is 0.111. The Morgan fingerprint density at radius 3 is 2.62 bits per heavy atom. The lowest BCUT2D eigenvalue weighted by atomic mass is 9.93. The fourth-order valence-corrected chi connectivity index (χ4v) is 5.40. The van der Waals surface area contributed by atoms with Crippen LogP contribution in [0.4, 0.5) is 0 Å². The minimum absolute atomic E-state index is 0.105. The van der Waals surface area contributed by atoms with Gasteiger partial charge in [-0.15, -0.1) is 0 Å². The number of hydrogen-bond acceptors (Lipinski definition) is 12. The summed E-state index contributed by atoms with van der Waals surface area (Å²) in [6, 6.07) is 5.44. The number of hydrogen-bond donors (Lipinski definition) is 3. The summed E-state index contributed by atoms with van der Waals surface area (Å²) < 4.78 is 41.0. The Balaban J connectivity index is 1.94. The van der Waals surface area contributed by atoms with E-state index in [2.05, 4.69) is 19.9 Å². The zero-order chi connectivity index (χ0) is 29.7. The molecule has 1 aliphatic heterocycles. The molecule has 2 unspecified atom stereocenters. The molecule has 1 aromatic carbocycles. The summed E-state index contributed by atoms with van der Waals surface area (Å²) >= 11 is 0. The molecular weight excluding hydrogens is 555 g/mol. The topological polar surface area (TPSA) is 233 Å². The molecule has 3 rings (SSSR count). The minimum atomic E-state index is -4.55. The number of aromatic nitrogens is 2. The number of methoxy groups -OCH3 is 2. The summed E-state index contributed by atoms with van der Waals surface area (Å²) in [5, 5.41) is 17.0. The minimum Gasteiger partial charge on any atom is -0.468 e. The molecule has 0 aliphatic carbocycles. The van der Waals surface area contributed by atoms with Crippen LogP contribution in [0.3, 0.4) is 0 Å². The molecule has 1 aromatic heterocycles. The Kier molecular flexibility index (Phi) is 9.52. The van der Waals surface area contributed by atoms with Crippen molar-refractivity contribution in [2.24, 2.45) is 5.11 Å². The van der Waals surface area contributed by atoms with Crippen molar-refractivity contribution in [1.82, 2.24) is 14.6 Å². The molecular formula is C22H27N6O11P. The molecule has 3 N–H and O–H groups in total. The summed E-state index contributed by atoms with van der Waals surface area (Å²) in [6.07, 6.45) is -3.33. The van der Waals surface area contributed by atoms with Crippen molar-refractivity contribution in [3.05, 3.63) is 73.4 Å². The van der Waals surface area contributed by atoms with Gasteiger partial charge in [-0.2, -0.15) is 5.09 Å². The third-order valence-electron chi connectivity index (χ3n) is 5.94. The van der Waals surface area contributed by atoms with Crippen molar-refractivity contribution in [2.45, 2.75) is 43.9 Å². The second kappa shape index (κ2) is 12.5. The zero-order valence-electron chi connectivity index (χ0n) is 21.7. The molecule has 0 spiro atoms. The number of para-hydroxylation sites is 1. The monoisotopic (exact) mass is 582 g/mol. The zero-order valence-corrected chi connectivity index (χ0v) is 22.6. The highest BCUT2D eigenvalue weighted by molar-refractivity contribution is 7.52. The third kappa shape index (κ3) is 6.42. The number of carbonyl (C=O) groups is 2. The number of esters is 2. The molecule has 17 nitrogen and oxygen atoms in total. The van der Waals surface area contributed by atoms with Crippen molar-refractivity contribution in [3.63, 3.8) is 0 Å². The van der Waals surface area contributed by atoms with Crippen LogP contribution in [0.5, 0.6) is 5.75 Å². The molecule has 2 aromatic rings. The SMILES string of the molecule is COC(=O)c1ccccc1OP(=O)(N[C@@H](C)C(=O)OC)OC[C@H]1OC(n2ccc(=O)[nH]c2=O)[C@](C)(N=[N+]=[N-])[C@@H]1O. The van der Waals surface area contributed by atoms with Gasteiger partial charge in [0.05, 0.1) is 26.9 Å². The lowest BCUT2D eigenvalue weighted by Gasteiger charge is -2.28. The average Bonchev–Trinajstić information content (AvgIpc) is 3.16. The number of carbonyl (C=O) groups excluding carboxylic acids is 2. The predicted octanol–water partition coefficient (Wildman–Crippen LogP) is 1.01. The smallest absolute Gasteiger partial charge is 0.459 e. The molecule has 1 saturated heterocycles. The first kappa shape index (κ1) is 30.6. The number of nitrogens with zero attached hydrogens (tertiary/aromatic N) is 4. The lowest BCUT2D eigenvalue weighted by molar-refractivity contribution is -0.142. The van der Waals surface area contributed by atoms with Crippen molar-refractivity contribution in [2.75, 3.05) is 20.8 Å². The number of rotatable bonds is 11. The summed E-state index contributed by atoms with van der Waals surface area (Å²) in [5.41, 5.74) is 5.62. The van der Waals surface area contributed by atoms with Gasteiger partial charge in [0.15, 0.2) is 6.23 Å². The number of aromatic amines is 1. The van der Waals surface area contributed by atoms with Crippen LogP contribution in [0.1, 0.15) is 30.4 Å². The highest BCUT2D eigenvalue weighted by Crippen LogP contribution is 2.48. The van der Waals surface area contributed by atoms with Gasteiger partial charge >= 0.3 is 25.4 Å². The second-order valence-electron chi connectivity index (χ2n) is 8.65. The van der Waals surface area contributed by atoms with Gasteiger partial charge in [0.2, 0.25) is 0 Å². The van der Waals surface area contributed by atoms with Crippen molar-refractivity contribution >= 4 is 19.7 Å². The van der Waals surface area contributed by atoms with E-state index in [4.69, 9.17) is 24.1 Å². The maximum atomic E-state index is 13.8. The van der Waals surface area contributed by atoms with Crippen LogP contribution in [0.2, 0.25) is 0 Å². The standard InChI is InChI=1S/C22H27N6O11P/c1-12(18(31)35-3)25-40(34,39-14-8-6-5-7-13(14)19(32)36-4)37-11-15-17(30)22(2,26-27-23)20(38-15)28-10-9-16(29)24-21(28)33/h5-10,12,15,17,20,30H,11H2,1-4H3,(H,25,34)(H,24,29,33)/t12-,15+,17+,20?,22+,40?/m0/s1. The number of benzene rings is 1. The Labute approximate surface area is 226 Å². The van der Waals surface area contributed by atoms with Crippen LogP contribution in [0, 0.1) is 0 Å². The first-order valence-electron chi connectivity index (χ1n) is 11.6. The van der Waals surface area contributed by atoms with Gasteiger partial charge in [0.1, 0.15) is 29.0 Å². The van der Waals surface area contributed by atoms with E-state index in [-0.39, 0.29) is 11.3 Å². The van der Waals surface area contributed by atoms with Gasteiger partial charge in [-0.25, -0.2) is 14.2 Å². The maximum Gasteiger partial charge on any atom is 0.459 e. The maximum absolute atomic E-state index is 13.8. The van der Waals surface area contributed by atoms with Crippen LogP contribution >= 0.6 is 7.75 Å². The summed E-state index contributed by atoms with van der Waals surface area (Å²) in [7, 11) is -2.31. The molecule has 6 atom stereocenters. The van der Waals surface area contributed by atoms with Gasteiger partial charge in [-0.3, -0.25) is 23.7 Å². The van der Waals surface area contributed by atoms with Crippen molar-refractivity contribution in [3.8, 4) is 5.75 Å². The number of H-pyrrole nitrogens is 1. The Morgan fingerprint density at radius 2 is 2.00 bits per heavy atom. The van der Waals surface area contributed by atoms with Crippen molar-refractivity contribution < 1.29 is 42.5 Å². The molecule has 0 bridgehead atoms. The van der Waals surface area contributed by atoms with E-state index in [0.717, 1.165) is 31.0 Å². The van der Waals surface area contributed by atoms with Gasteiger partial charge in [-0.1, -0.05) is 17.2 Å². The van der Waals surface area contributed by atoms with Crippen LogP contribution < -0.4 is 20.9 Å². The van der Waals surface area contributed by atoms with E-state index >= 15 is 0 Å². The van der Waals surface area contributed by atoms with E-state index in [1.165, 1.54) is 38.1 Å². The Bertz CT molecular complexity index is 1470. The number of aliphatic hydroxyl groups is 1. The molecule has 1 aliphatic rings. The van der Waals surface area contributed by atoms with Crippen LogP contribution in [-0.2, 0) is 28.1 Å². The van der Waals surface area contributed by atoms with Crippen LogP contribution in [-0.4, -0.2) is 71.2 Å². The first-order chi connectivity index (χ1) is 18.9. The molecule has 0 saturated carbocycles. The van der Waals surface area contributed by atoms with E-state index in [9.17, 15) is 28.8 Å². The predicted molar refractivity (Wildman–Crippen MR) is 135 cm³/mol. The Morgan fingerprint density at radius 1 is 1.30 bits per heavy atom. The average molecular weight is 582 g/mol. The van der Waals surface area contributed by atoms with Gasteiger partial charge in [0, 0.05) is 17.2 Å². The molecule has 2 heterocycles. The highest BCUT2D eigenvalue weighted by Gasteiger charge is 2.55. The third-order valence-corrected chi connectivity index (χ3v) is 7.57. The molecule has 0 amide bonds. The number of azide groups is 1. The van der Waals surface area contributed by atoms with E-state index in [1.807, 2.05) is 4.98 Å². The molecule has 18 heteroatoms. The first-order valence-corrected chi connectivity index (χ1v) is 13.1. The highest BCUT2D eigenvalue weighted by atomic mass is 31.2. The van der Waals surface area contributed by atoms with Gasteiger partial charge < -0.3 is 23.8 Å². The Hall–Kier alpha value is -3.98. The van der Waals surface area contributed by atoms with Crippen LogP contribution in [0.25, 0.3) is 10.4 Å². The number of ether oxygens (including phenoxy) is 3. The second-order valence-corrected chi connectivity index (χ2v) is 10.3. The number of nitrogens with one attached hydrogen (secondary N) is 2. The van der Waals surface area contributed by atoms with E-state index < -0.39 is 67.6 Å². The molecule has 0 radical (unpaired) electrons. The van der Waals surface area contributed by atoms with E-state index in [0.29, 0.717) is 0 Å². The van der Waals surface area contributed by atoms with Crippen molar-refractivity contribution in [1.29, 1.82) is 0 Å². The molecule has 216 valence electrons. The summed E-state index contributed by atoms with van der Waals surface area (Å²) in [5.74, 6) is -1.84. The fourth-order valence-electron chi connectivity index (χ4n) is 3.88. The van der Waals surface area contributed by atoms with Gasteiger partial charge in [0.25, 0.3) is 5.56 Å². The summed E-state index contributed by atoms with van der Waals surface area (Å²) in [6.45, 7) is 1.93. The van der Waals surface area contributed by atoms with Gasteiger partial charge in [-0.05, 0) is 31.5 Å².